The number of aromatic carboxylic acids is 1. The van der Waals surface area contributed by atoms with Gasteiger partial charge in [0, 0.05) is 18.4 Å². The Hall–Kier alpha value is -4.14. The summed E-state index contributed by atoms with van der Waals surface area (Å²) in [6, 6.07) is 16.2. The number of carbonyl (C=O) groups is 3. The molecule has 1 aliphatic rings. The van der Waals surface area contributed by atoms with Gasteiger partial charge in [0.15, 0.2) is 17.8 Å². The Morgan fingerprint density at radius 1 is 1.06 bits per heavy atom. The van der Waals surface area contributed by atoms with Crippen molar-refractivity contribution < 1.29 is 28.6 Å². The number of oxazole rings is 1. The van der Waals surface area contributed by atoms with Crippen LogP contribution in [0.1, 0.15) is 46.6 Å². The smallest absolute Gasteiger partial charge is 0.407 e. The summed E-state index contributed by atoms with van der Waals surface area (Å²) in [5.41, 5.74) is 4.37. The minimum atomic E-state index is -1.22. The average molecular weight is 463 g/mol. The van der Waals surface area contributed by atoms with E-state index in [1.54, 1.807) is 6.92 Å². The first-order chi connectivity index (χ1) is 16.5. The third kappa shape index (κ3) is 4.93. The minimum Gasteiger partial charge on any atom is -0.476 e. The molecule has 2 aromatic carbocycles. The number of ether oxygens (including phenoxy) is 1. The van der Waals surface area contributed by atoms with Gasteiger partial charge in [-0.15, -0.1) is 0 Å². The van der Waals surface area contributed by atoms with Crippen molar-refractivity contribution in [3.8, 4) is 11.1 Å². The topological polar surface area (TPSA) is 131 Å². The number of amides is 2. The number of carboxylic acids is 1. The molecule has 1 aliphatic carbocycles. The third-order valence-corrected chi connectivity index (χ3v) is 5.90. The van der Waals surface area contributed by atoms with Crippen molar-refractivity contribution in [3.63, 3.8) is 0 Å². The van der Waals surface area contributed by atoms with Crippen LogP contribution in [-0.4, -0.2) is 41.2 Å². The maximum Gasteiger partial charge on any atom is 0.407 e. The van der Waals surface area contributed by atoms with Crippen LogP contribution in [0.2, 0.25) is 0 Å². The normalized spacial score (nSPS) is 13.0. The molecule has 4 rings (SSSR count). The first-order valence-corrected chi connectivity index (χ1v) is 11.0. The van der Waals surface area contributed by atoms with Gasteiger partial charge in [-0.1, -0.05) is 55.5 Å². The summed E-state index contributed by atoms with van der Waals surface area (Å²) in [6.45, 7) is 2.12. The summed E-state index contributed by atoms with van der Waals surface area (Å²) in [4.78, 5) is 39.2. The second-order valence-electron chi connectivity index (χ2n) is 8.09. The molecule has 0 saturated heterocycles. The van der Waals surface area contributed by atoms with Crippen LogP contribution in [0.25, 0.3) is 11.1 Å². The number of hydrogen-bond donors (Lipinski definition) is 3. The van der Waals surface area contributed by atoms with Gasteiger partial charge in [0.05, 0.1) is 6.54 Å². The van der Waals surface area contributed by atoms with E-state index in [-0.39, 0.29) is 43.0 Å². The quantitative estimate of drug-likeness (QED) is 0.442. The van der Waals surface area contributed by atoms with Crippen molar-refractivity contribution in [3.05, 3.63) is 77.5 Å². The SMILES string of the molecule is CC(CCNC(=O)OCC1c2ccccc2-c2ccccc21)C(=O)NCc1ocnc1C(=O)O. The Labute approximate surface area is 196 Å². The summed E-state index contributed by atoms with van der Waals surface area (Å²) in [7, 11) is 0. The first-order valence-electron chi connectivity index (χ1n) is 11.0. The van der Waals surface area contributed by atoms with Gasteiger partial charge in [-0.3, -0.25) is 4.79 Å². The molecule has 0 bridgehead atoms. The van der Waals surface area contributed by atoms with Crippen LogP contribution in [0, 0.1) is 5.92 Å². The minimum absolute atomic E-state index is 0.0189. The molecule has 3 N–H and O–H groups in total. The molecule has 1 unspecified atom stereocenters. The first kappa shape index (κ1) is 23.0. The van der Waals surface area contributed by atoms with E-state index in [4.69, 9.17) is 14.3 Å². The average Bonchev–Trinajstić information content (AvgIpc) is 3.44. The second kappa shape index (κ2) is 10.2. The van der Waals surface area contributed by atoms with Gasteiger partial charge < -0.3 is 24.9 Å². The fourth-order valence-electron chi connectivity index (χ4n) is 4.08. The number of rotatable bonds is 9. The number of hydrogen-bond acceptors (Lipinski definition) is 6. The third-order valence-electron chi connectivity index (χ3n) is 5.90. The highest BCUT2D eigenvalue weighted by molar-refractivity contribution is 5.86. The number of carboxylic acid groups (broad SMARTS) is 1. The summed E-state index contributed by atoms with van der Waals surface area (Å²) >= 11 is 0. The molecule has 1 aromatic heterocycles. The summed E-state index contributed by atoms with van der Waals surface area (Å²) in [5, 5.41) is 14.3. The Morgan fingerprint density at radius 2 is 1.71 bits per heavy atom. The van der Waals surface area contributed by atoms with Crippen LogP contribution >= 0.6 is 0 Å². The lowest BCUT2D eigenvalue weighted by molar-refractivity contribution is -0.124. The number of nitrogens with one attached hydrogen (secondary N) is 2. The highest BCUT2D eigenvalue weighted by Crippen LogP contribution is 2.44. The molecule has 3 aromatic rings. The van der Waals surface area contributed by atoms with Crippen LogP contribution in [0.3, 0.4) is 0 Å². The van der Waals surface area contributed by atoms with E-state index in [0.29, 0.717) is 6.42 Å². The number of nitrogens with zero attached hydrogens (tertiary/aromatic N) is 1. The van der Waals surface area contributed by atoms with Crippen molar-refractivity contribution in [1.82, 2.24) is 15.6 Å². The zero-order valence-electron chi connectivity index (χ0n) is 18.6. The lowest BCUT2D eigenvalue weighted by atomic mass is 9.98. The van der Waals surface area contributed by atoms with Crippen molar-refractivity contribution >= 4 is 18.0 Å². The highest BCUT2D eigenvalue weighted by atomic mass is 16.5. The Balaban J connectivity index is 1.21. The van der Waals surface area contributed by atoms with E-state index in [2.05, 4.69) is 39.9 Å². The summed E-state index contributed by atoms with van der Waals surface area (Å²) in [6.07, 6.45) is 0.868. The van der Waals surface area contributed by atoms with Gasteiger partial charge in [0.2, 0.25) is 5.91 Å². The number of fused-ring (bicyclic) bond motifs is 3. The molecule has 0 aliphatic heterocycles. The molecular weight excluding hydrogens is 438 g/mol. The van der Waals surface area contributed by atoms with Crippen LogP contribution < -0.4 is 10.6 Å². The molecule has 2 amide bonds. The van der Waals surface area contributed by atoms with E-state index in [1.807, 2.05) is 24.3 Å². The highest BCUT2D eigenvalue weighted by Gasteiger charge is 2.29. The number of carbonyl (C=O) groups excluding carboxylic acids is 2. The standard InChI is InChI=1S/C25H25N3O6/c1-15(23(29)27-12-21-22(24(30)31)28-14-34-21)10-11-26-25(32)33-13-20-18-8-4-2-6-16(18)17-7-3-5-9-19(17)20/h2-9,14-15,20H,10-13H2,1H3,(H,26,32)(H,27,29)(H,30,31). The van der Waals surface area contributed by atoms with Crippen LogP contribution in [0.15, 0.2) is 59.3 Å². The van der Waals surface area contributed by atoms with Gasteiger partial charge in [0.25, 0.3) is 0 Å². The van der Waals surface area contributed by atoms with E-state index in [1.165, 1.54) is 0 Å². The predicted octanol–water partition coefficient (Wildman–Crippen LogP) is 3.55. The number of alkyl carbamates (subject to hydrolysis) is 1. The molecule has 176 valence electrons. The maximum atomic E-state index is 12.3. The van der Waals surface area contributed by atoms with Crippen LogP contribution in [-0.2, 0) is 16.1 Å². The zero-order chi connectivity index (χ0) is 24.1. The molecule has 0 saturated carbocycles. The maximum absolute atomic E-state index is 12.3. The monoisotopic (exact) mass is 463 g/mol. The van der Waals surface area contributed by atoms with Crippen LogP contribution in [0.4, 0.5) is 4.79 Å². The van der Waals surface area contributed by atoms with Gasteiger partial charge in [-0.05, 0) is 28.7 Å². The van der Waals surface area contributed by atoms with E-state index in [9.17, 15) is 14.4 Å². The fraction of sp³-hybridized carbons (Fsp3) is 0.280. The van der Waals surface area contributed by atoms with Gasteiger partial charge >= 0.3 is 12.1 Å². The van der Waals surface area contributed by atoms with E-state index >= 15 is 0 Å². The van der Waals surface area contributed by atoms with Crippen molar-refractivity contribution in [1.29, 1.82) is 0 Å². The molecule has 1 atom stereocenters. The van der Waals surface area contributed by atoms with E-state index in [0.717, 1.165) is 28.6 Å². The Morgan fingerprint density at radius 3 is 2.35 bits per heavy atom. The van der Waals surface area contributed by atoms with Gasteiger partial charge in [-0.25, -0.2) is 14.6 Å². The molecule has 0 fully saturated rings. The molecule has 34 heavy (non-hydrogen) atoms. The lowest BCUT2D eigenvalue weighted by Crippen LogP contribution is -2.33. The fourth-order valence-corrected chi connectivity index (χ4v) is 4.08. The lowest BCUT2D eigenvalue weighted by Gasteiger charge is -2.15. The van der Waals surface area contributed by atoms with Crippen LogP contribution in [0.5, 0.6) is 0 Å². The van der Waals surface area contributed by atoms with Gasteiger partial charge in [-0.2, -0.15) is 0 Å². The molecule has 9 nitrogen and oxygen atoms in total. The molecule has 0 radical (unpaired) electrons. The zero-order valence-corrected chi connectivity index (χ0v) is 18.6. The van der Waals surface area contributed by atoms with Crippen molar-refractivity contribution in [2.24, 2.45) is 5.92 Å². The Bertz CT molecular complexity index is 1160. The molecule has 9 heteroatoms. The number of aromatic nitrogens is 1. The molecule has 1 heterocycles. The Kier molecular flexibility index (Phi) is 6.91. The van der Waals surface area contributed by atoms with E-state index < -0.39 is 18.0 Å². The van der Waals surface area contributed by atoms with Crippen molar-refractivity contribution in [2.75, 3.05) is 13.2 Å². The second-order valence-corrected chi connectivity index (χ2v) is 8.09. The number of benzene rings is 2. The summed E-state index contributed by atoms with van der Waals surface area (Å²) < 4.78 is 10.5. The molecule has 0 spiro atoms. The predicted molar refractivity (Wildman–Crippen MR) is 122 cm³/mol. The van der Waals surface area contributed by atoms with Crippen molar-refractivity contribution in [2.45, 2.75) is 25.8 Å². The largest absolute Gasteiger partial charge is 0.476 e. The molecular formula is C25H25N3O6. The van der Waals surface area contributed by atoms with Gasteiger partial charge in [0.1, 0.15) is 6.61 Å². The summed E-state index contributed by atoms with van der Waals surface area (Å²) in [5.74, 6) is -1.87.